The molecule has 0 unspecified atom stereocenters. The summed E-state index contributed by atoms with van der Waals surface area (Å²) < 4.78 is 23.7. The molecule has 3 rings (SSSR count). The van der Waals surface area contributed by atoms with Gasteiger partial charge in [-0.05, 0) is 24.3 Å². The van der Waals surface area contributed by atoms with E-state index in [1.165, 1.54) is 12.1 Å². The number of nitrogens with zero attached hydrogens (tertiary/aromatic N) is 1. The van der Waals surface area contributed by atoms with Crippen LogP contribution in [0.2, 0.25) is 0 Å². The molecule has 0 amide bonds. The van der Waals surface area contributed by atoms with Gasteiger partial charge in [-0.3, -0.25) is 0 Å². The third kappa shape index (κ3) is 2.23. The van der Waals surface area contributed by atoms with Gasteiger partial charge in [0.15, 0.2) is 5.58 Å². The van der Waals surface area contributed by atoms with Gasteiger partial charge >= 0.3 is 0 Å². The topological polar surface area (TPSA) is 73.3 Å². The van der Waals surface area contributed by atoms with Crippen LogP contribution in [0.25, 0.3) is 11.1 Å². The fraction of sp³-hybridized carbons (Fsp3) is 0.0714. The molecule has 0 fully saturated rings. The van der Waals surface area contributed by atoms with Crippen molar-refractivity contribution in [2.24, 2.45) is 0 Å². The molecule has 0 spiro atoms. The Labute approximate surface area is 114 Å². The van der Waals surface area contributed by atoms with Gasteiger partial charge in [0.25, 0.3) is 6.01 Å². The van der Waals surface area contributed by atoms with Gasteiger partial charge in [0, 0.05) is 17.8 Å². The van der Waals surface area contributed by atoms with E-state index in [1.54, 1.807) is 31.4 Å². The van der Waals surface area contributed by atoms with Crippen LogP contribution in [0.5, 0.6) is 5.75 Å². The smallest absolute Gasteiger partial charge is 0.300 e. The summed E-state index contributed by atoms with van der Waals surface area (Å²) in [4.78, 5) is 4.22. The molecule has 0 aliphatic rings. The van der Waals surface area contributed by atoms with E-state index < -0.39 is 0 Å². The largest absolute Gasteiger partial charge is 0.494 e. The van der Waals surface area contributed by atoms with Gasteiger partial charge < -0.3 is 20.2 Å². The molecule has 1 aromatic heterocycles. The number of halogens is 1. The summed E-state index contributed by atoms with van der Waals surface area (Å²) in [5.41, 5.74) is 7.89. The predicted molar refractivity (Wildman–Crippen MR) is 74.7 cm³/mol. The van der Waals surface area contributed by atoms with E-state index in [0.29, 0.717) is 28.2 Å². The van der Waals surface area contributed by atoms with Gasteiger partial charge in [-0.2, -0.15) is 4.98 Å². The number of ether oxygens (including phenoxy) is 1. The number of oxazole rings is 1. The molecule has 3 N–H and O–H groups in total. The van der Waals surface area contributed by atoms with Crippen LogP contribution in [0.15, 0.2) is 40.8 Å². The van der Waals surface area contributed by atoms with Crippen LogP contribution in [0.1, 0.15) is 0 Å². The molecule has 0 atom stereocenters. The van der Waals surface area contributed by atoms with E-state index in [-0.39, 0.29) is 11.8 Å². The number of methoxy groups -OCH3 is 1. The maximum atomic E-state index is 13.1. The third-order valence-corrected chi connectivity index (χ3v) is 2.82. The molecule has 0 saturated carbocycles. The second-order valence-electron chi connectivity index (χ2n) is 4.22. The molecule has 20 heavy (non-hydrogen) atoms. The Kier molecular flexibility index (Phi) is 2.90. The van der Waals surface area contributed by atoms with Crippen LogP contribution in [-0.2, 0) is 0 Å². The quantitative estimate of drug-likeness (QED) is 0.716. The molecule has 1 heterocycles. The minimum Gasteiger partial charge on any atom is -0.494 e. The van der Waals surface area contributed by atoms with Crippen molar-refractivity contribution in [2.45, 2.75) is 0 Å². The Morgan fingerprint density at radius 1 is 1.25 bits per heavy atom. The number of aromatic nitrogens is 1. The summed E-state index contributed by atoms with van der Waals surface area (Å²) in [7, 11) is 1.54. The number of nitrogens with one attached hydrogen (secondary N) is 1. The average molecular weight is 273 g/mol. The second-order valence-corrected chi connectivity index (χ2v) is 4.22. The molecule has 0 radical (unpaired) electrons. The van der Waals surface area contributed by atoms with Crippen molar-refractivity contribution in [3.05, 3.63) is 42.2 Å². The predicted octanol–water partition coefficient (Wildman–Crippen LogP) is 3.30. The Balaban J connectivity index is 1.96. The molecule has 2 aromatic carbocycles. The number of anilines is 3. The van der Waals surface area contributed by atoms with Crippen molar-refractivity contribution < 1.29 is 13.5 Å². The summed E-state index contributed by atoms with van der Waals surface area (Å²) in [6.07, 6.45) is 0. The minimum atomic E-state index is -0.370. The van der Waals surface area contributed by atoms with Gasteiger partial charge in [0.1, 0.15) is 17.1 Å². The Hall–Kier alpha value is -2.76. The molecule has 0 saturated heterocycles. The lowest BCUT2D eigenvalue weighted by atomic mass is 10.2. The summed E-state index contributed by atoms with van der Waals surface area (Å²) in [6.45, 7) is 0. The van der Waals surface area contributed by atoms with E-state index in [4.69, 9.17) is 14.9 Å². The van der Waals surface area contributed by atoms with Crippen molar-refractivity contribution in [1.82, 2.24) is 4.98 Å². The lowest BCUT2D eigenvalue weighted by molar-refractivity contribution is 0.417. The number of fused-ring (bicyclic) bond motifs is 1. The van der Waals surface area contributed by atoms with Crippen molar-refractivity contribution in [2.75, 3.05) is 18.2 Å². The number of hydrogen-bond acceptors (Lipinski definition) is 5. The van der Waals surface area contributed by atoms with E-state index in [9.17, 15) is 4.39 Å². The summed E-state index contributed by atoms with van der Waals surface area (Å²) in [6, 6.07) is 9.60. The van der Waals surface area contributed by atoms with Gasteiger partial charge in [-0.15, -0.1) is 0 Å². The zero-order chi connectivity index (χ0) is 14.1. The SMILES string of the molecule is COc1cc(N)ccc1Nc1nc2ccc(F)cc2o1. The maximum Gasteiger partial charge on any atom is 0.300 e. The average Bonchev–Trinajstić information content (AvgIpc) is 2.82. The first-order chi connectivity index (χ1) is 9.65. The second kappa shape index (κ2) is 4.73. The van der Waals surface area contributed by atoms with Crippen LogP contribution in [0, 0.1) is 5.82 Å². The molecule has 6 heteroatoms. The van der Waals surface area contributed by atoms with Gasteiger partial charge in [0.05, 0.1) is 12.8 Å². The summed E-state index contributed by atoms with van der Waals surface area (Å²) in [5, 5.41) is 2.98. The molecular weight excluding hydrogens is 261 g/mol. The maximum absolute atomic E-state index is 13.1. The lowest BCUT2D eigenvalue weighted by Crippen LogP contribution is -1.96. The normalized spacial score (nSPS) is 10.7. The lowest BCUT2D eigenvalue weighted by Gasteiger charge is -2.08. The minimum absolute atomic E-state index is 0.258. The van der Waals surface area contributed by atoms with Crippen LogP contribution in [-0.4, -0.2) is 12.1 Å². The van der Waals surface area contributed by atoms with Crippen molar-refractivity contribution >= 4 is 28.5 Å². The number of hydrogen-bond donors (Lipinski definition) is 2. The number of nitrogens with two attached hydrogens (primary N) is 1. The molecule has 0 aliphatic carbocycles. The standard InChI is InChI=1S/C14H12FN3O2/c1-19-12-7-9(16)3-5-10(12)17-14-18-11-4-2-8(15)6-13(11)20-14/h2-7H,16H2,1H3,(H,17,18). The summed E-state index contributed by atoms with van der Waals surface area (Å²) in [5.74, 6) is 0.198. The molecule has 3 aromatic rings. The Morgan fingerprint density at radius 3 is 2.90 bits per heavy atom. The van der Waals surface area contributed by atoms with Crippen molar-refractivity contribution in [1.29, 1.82) is 0 Å². The summed E-state index contributed by atoms with van der Waals surface area (Å²) >= 11 is 0. The fourth-order valence-electron chi connectivity index (χ4n) is 1.88. The van der Waals surface area contributed by atoms with Crippen LogP contribution in [0.4, 0.5) is 21.8 Å². The first-order valence-electron chi connectivity index (χ1n) is 5.92. The van der Waals surface area contributed by atoms with E-state index in [0.717, 1.165) is 0 Å². The highest BCUT2D eigenvalue weighted by Gasteiger charge is 2.10. The van der Waals surface area contributed by atoms with Crippen molar-refractivity contribution in [3.8, 4) is 5.75 Å². The zero-order valence-corrected chi connectivity index (χ0v) is 10.7. The van der Waals surface area contributed by atoms with Crippen LogP contribution in [0.3, 0.4) is 0 Å². The van der Waals surface area contributed by atoms with E-state index >= 15 is 0 Å². The molecule has 5 nitrogen and oxygen atoms in total. The Bertz CT molecular complexity index is 770. The van der Waals surface area contributed by atoms with Gasteiger partial charge in [-0.1, -0.05) is 0 Å². The number of nitrogen functional groups attached to an aromatic ring is 1. The van der Waals surface area contributed by atoms with E-state index in [2.05, 4.69) is 10.3 Å². The van der Waals surface area contributed by atoms with Crippen LogP contribution >= 0.6 is 0 Å². The monoisotopic (exact) mass is 273 g/mol. The number of rotatable bonds is 3. The van der Waals surface area contributed by atoms with Crippen molar-refractivity contribution in [3.63, 3.8) is 0 Å². The molecular formula is C14H12FN3O2. The highest BCUT2D eigenvalue weighted by atomic mass is 19.1. The third-order valence-electron chi connectivity index (χ3n) is 2.82. The first-order valence-corrected chi connectivity index (χ1v) is 5.92. The van der Waals surface area contributed by atoms with Gasteiger partial charge in [-0.25, -0.2) is 4.39 Å². The number of benzene rings is 2. The van der Waals surface area contributed by atoms with Gasteiger partial charge in [0.2, 0.25) is 0 Å². The molecule has 102 valence electrons. The highest BCUT2D eigenvalue weighted by Crippen LogP contribution is 2.30. The zero-order valence-electron chi connectivity index (χ0n) is 10.7. The van der Waals surface area contributed by atoms with E-state index in [1.807, 2.05) is 0 Å². The molecule has 0 aliphatic heterocycles. The molecule has 0 bridgehead atoms. The highest BCUT2D eigenvalue weighted by molar-refractivity contribution is 5.76. The fourth-order valence-corrected chi connectivity index (χ4v) is 1.88. The van der Waals surface area contributed by atoms with Crippen LogP contribution < -0.4 is 15.8 Å². The first kappa shape index (κ1) is 12.3. The Morgan fingerprint density at radius 2 is 2.10 bits per heavy atom.